The predicted molar refractivity (Wildman–Crippen MR) is 490 cm³/mol. The summed E-state index contributed by atoms with van der Waals surface area (Å²) in [6.45, 7) is 20.7. The number of rotatable bonds is 22. The number of hydrogen-bond donors (Lipinski definition) is 8. The van der Waals surface area contributed by atoms with Crippen LogP contribution >= 0.6 is 56.7 Å². The Morgan fingerprint density at radius 2 is 0.843 bits per heavy atom. The molecule has 1 fully saturated rings. The molecule has 0 atom stereocenters. The van der Waals surface area contributed by atoms with Crippen molar-refractivity contribution in [1.29, 1.82) is 26.3 Å². The molecule has 6 aromatic carbocycles. The van der Waals surface area contributed by atoms with Gasteiger partial charge in [-0.1, -0.05) is 101 Å². The number of aliphatic hydroxyl groups excluding tert-OH is 1. The second-order valence-corrected chi connectivity index (χ2v) is 34.0. The van der Waals surface area contributed by atoms with Crippen molar-refractivity contribution in [2.24, 2.45) is 0 Å². The lowest BCUT2D eigenvalue weighted by molar-refractivity contribution is 0.216. The summed E-state index contributed by atoms with van der Waals surface area (Å²) in [6.07, 6.45) is 1.85. The van der Waals surface area contributed by atoms with Crippen LogP contribution < -0.4 is 53.5 Å². The zero-order chi connectivity index (χ0) is 85.5. The van der Waals surface area contributed by atoms with Crippen molar-refractivity contribution in [2.75, 3.05) is 152 Å². The van der Waals surface area contributed by atoms with Gasteiger partial charge in [0.2, 0.25) is 0 Å². The van der Waals surface area contributed by atoms with E-state index >= 15 is 0 Å². The number of nitrogens with two attached hydrogens (primary N) is 1. The molecule has 0 unspecified atom stereocenters. The van der Waals surface area contributed by atoms with E-state index in [1.807, 2.05) is 103 Å². The number of piperazine rings is 1. The largest absolute Gasteiger partial charge is 0.396 e. The Labute approximate surface area is 713 Å². The first kappa shape index (κ1) is 85.9. The molecular weight excluding hydrogens is 1630 g/mol. The molecule has 0 bridgehead atoms. The van der Waals surface area contributed by atoms with Crippen LogP contribution in [0.2, 0.25) is 0 Å². The number of thiazole rings is 5. The lowest BCUT2D eigenvalue weighted by Gasteiger charge is -2.34. The summed E-state index contributed by atoms with van der Waals surface area (Å²) < 4.78 is 5.11. The van der Waals surface area contributed by atoms with Crippen molar-refractivity contribution in [3.63, 3.8) is 0 Å². The van der Waals surface area contributed by atoms with Crippen LogP contribution in [0.15, 0.2) is 145 Å². The summed E-state index contributed by atoms with van der Waals surface area (Å²) in [5.41, 5.74) is 13.1. The summed E-state index contributed by atoms with van der Waals surface area (Å²) in [4.78, 5) is 112. The van der Waals surface area contributed by atoms with Crippen molar-refractivity contribution in [3.8, 4) is 30.3 Å². The average molecular weight is 1710 g/mol. The van der Waals surface area contributed by atoms with Gasteiger partial charge in [0.1, 0.15) is 58.2 Å². The third-order valence-corrected chi connectivity index (χ3v) is 25.4. The van der Waals surface area contributed by atoms with Crippen LogP contribution in [0.25, 0.3) is 106 Å². The van der Waals surface area contributed by atoms with Gasteiger partial charge in [-0.3, -0.25) is 28.9 Å². The molecule has 10 aromatic heterocycles. The molecule has 616 valence electrons. The number of hydrogen-bond acceptors (Lipinski definition) is 30. The first-order chi connectivity index (χ1) is 58.6. The lowest BCUT2D eigenvalue weighted by atomic mass is 10.1. The molecule has 17 rings (SSSR count). The number of nitrogens with zero attached hydrogens (tertiary/aromatic N) is 17. The summed E-state index contributed by atoms with van der Waals surface area (Å²) in [5, 5.41) is 65.9. The number of anilines is 5. The van der Waals surface area contributed by atoms with E-state index < -0.39 is 0 Å². The highest BCUT2D eigenvalue weighted by atomic mass is 32.1. The Kier molecular flexibility index (Phi) is 27.9. The number of aliphatic hydroxyl groups is 1. The number of pyridine rings is 5. The van der Waals surface area contributed by atoms with Gasteiger partial charge < -0.3 is 70.5 Å². The average Bonchev–Trinajstić information content (AvgIpc) is 1.70. The summed E-state index contributed by atoms with van der Waals surface area (Å²) >= 11 is 7.87. The van der Waals surface area contributed by atoms with Gasteiger partial charge in [0.05, 0.1) is 78.7 Å². The summed E-state index contributed by atoms with van der Waals surface area (Å²) in [7, 11) is 8.23. The lowest BCUT2D eigenvalue weighted by Crippen LogP contribution is -2.46. The Morgan fingerprint density at radius 3 is 1.26 bits per heavy atom. The van der Waals surface area contributed by atoms with E-state index in [2.05, 4.69) is 136 Å². The van der Waals surface area contributed by atoms with E-state index in [0.29, 0.717) is 32.7 Å². The second-order valence-electron chi connectivity index (χ2n) is 28.9. The number of nitrogens with one attached hydrogen (secondary N) is 6. The standard InChI is InChI=1S/C22H21N5OS.C19H23N5OS.C18H19N5O2S.C16H17N5OS.C11H6N4OS/c1-26(2)10-11-27(14-15-6-4-3-5-7-15)22-25-20-17-12-16(13-23)21(28)24-18(17)8-9-19(20)29-22;1-4-23(5-2)9-10-24(6-3)19-22-17-14-11-13(12-20)18(25)21-15(14)7-8-16(17)26-19;19-11-12-10-13-14(20-17(12)25)2-3-15-16(13)21-18(26-15)23-7-5-22(6-8-23)4-1-9-24;1-21(2)7-3-6-18-16-20-14-11-8-10(9-17)15(22)19-12(11)4-5-13(14)23-16;12-4-5-3-6-7(14-10(5)16)1-2-8-9(6)15-11(13)17-8/h3-9,12H,10-11,14H2,1-2H3,(H,24,28);7-8,11H,4-6,9-10H2,1-3H3,(H,21,25);2-3,10,24H,1,4-9H2,(H,20,25);4-5,8H,3,6-7H2,1-2H3,(H,18,20)(H,19,22);1-3H,(H2,13,15)(H,14,16). The summed E-state index contributed by atoms with van der Waals surface area (Å²) in [5.74, 6) is 0. The van der Waals surface area contributed by atoms with E-state index in [4.69, 9.17) is 46.8 Å². The maximum absolute atomic E-state index is 12.0. The molecule has 0 saturated carbocycles. The number of fused-ring (bicyclic) bond motifs is 15. The number of aromatic nitrogens is 10. The monoisotopic (exact) mass is 1710 g/mol. The molecule has 121 heavy (non-hydrogen) atoms. The number of nitriles is 5. The zero-order valence-electron chi connectivity index (χ0n) is 67.5. The van der Waals surface area contributed by atoms with Gasteiger partial charge in [-0.15, -0.1) is 0 Å². The second kappa shape index (κ2) is 39.3. The maximum atomic E-state index is 12.0. The fourth-order valence-corrected chi connectivity index (χ4v) is 18.6. The van der Waals surface area contributed by atoms with Gasteiger partial charge >= 0.3 is 0 Å². The Balaban J connectivity index is 0.000000132. The van der Waals surface area contributed by atoms with Gasteiger partial charge in [-0.25, -0.2) is 24.9 Å². The van der Waals surface area contributed by atoms with Crippen LogP contribution in [0.1, 0.15) is 67.0 Å². The fraction of sp³-hybridized carbons (Fsp3) is 0.291. The van der Waals surface area contributed by atoms with Crippen LogP contribution in [-0.4, -0.2) is 201 Å². The van der Waals surface area contributed by atoms with Gasteiger partial charge in [0, 0.05) is 112 Å². The molecule has 0 aliphatic carbocycles. The van der Waals surface area contributed by atoms with Gasteiger partial charge in [-0.05, 0) is 164 Å². The molecule has 35 heteroatoms. The summed E-state index contributed by atoms with van der Waals surface area (Å²) in [6, 6.07) is 47.1. The minimum absolute atomic E-state index is 0.0802. The molecule has 0 spiro atoms. The smallest absolute Gasteiger partial charge is 0.266 e. The van der Waals surface area contributed by atoms with Crippen LogP contribution in [0.3, 0.4) is 0 Å². The van der Waals surface area contributed by atoms with Crippen molar-refractivity contribution in [2.45, 2.75) is 40.2 Å². The molecule has 0 radical (unpaired) electrons. The highest BCUT2D eigenvalue weighted by Gasteiger charge is 2.23. The fourth-order valence-electron chi connectivity index (χ4n) is 13.8. The quantitative estimate of drug-likeness (QED) is 0.0292. The van der Waals surface area contributed by atoms with Crippen LogP contribution in [0.4, 0.5) is 25.7 Å². The van der Waals surface area contributed by atoms with Gasteiger partial charge in [0.25, 0.3) is 27.8 Å². The number of nitrogen functional groups attached to an aromatic ring is 1. The van der Waals surface area contributed by atoms with Crippen LogP contribution in [0, 0.1) is 56.7 Å². The topological polar surface area (TPSA) is 429 Å². The minimum Gasteiger partial charge on any atom is -0.396 e. The van der Waals surface area contributed by atoms with E-state index in [9.17, 15) is 29.2 Å². The van der Waals surface area contributed by atoms with E-state index in [-0.39, 0.29) is 62.2 Å². The minimum atomic E-state index is -0.387. The normalized spacial score (nSPS) is 12.1. The van der Waals surface area contributed by atoms with Crippen molar-refractivity contribution >= 4 is 188 Å². The van der Waals surface area contributed by atoms with Crippen molar-refractivity contribution in [1.82, 2.24) is 69.4 Å². The highest BCUT2D eigenvalue weighted by Crippen LogP contribution is 2.38. The molecule has 1 aliphatic heterocycles. The predicted octanol–water partition coefficient (Wildman–Crippen LogP) is 12.2. The van der Waals surface area contributed by atoms with Gasteiger partial charge in [0.15, 0.2) is 25.7 Å². The number of aromatic amines is 5. The number of likely N-dealkylation sites (N-methyl/N-ethyl adjacent to an activating group) is 3. The third-order valence-electron chi connectivity index (χ3n) is 20.4. The molecule has 11 heterocycles. The molecule has 1 saturated heterocycles. The molecule has 0 amide bonds. The SMILES string of the molecule is CCN(CC)CCN(CC)c1nc2c(ccc3[nH]c(=O)c(C#N)cc32)s1.CN(C)CCCNc1nc2c(ccc3[nH]c(=O)c(C#N)cc32)s1.CN(C)CCN(Cc1ccccc1)c1nc2c(ccc3[nH]c(=O)c(C#N)cc32)s1.N#Cc1cc2c(ccc3sc(N)nc32)[nH]c1=O.N#Cc1cc2c(ccc3sc(N4CCN(CCCO)CC4)nc32)[nH]c1=O. The van der Waals surface area contributed by atoms with Gasteiger partial charge in [-0.2, -0.15) is 26.3 Å². The van der Waals surface area contributed by atoms with Crippen LogP contribution in [0.5, 0.6) is 0 Å². The van der Waals surface area contributed by atoms with E-state index in [1.165, 1.54) is 16.9 Å². The number of benzene rings is 6. The molecule has 1 aliphatic rings. The number of H-pyrrole nitrogens is 5. The van der Waals surface area contributed by atoms with Crippen molar-refractivity contribution < 1.29 is 5.11 Å². The Bertz CT molecular complexity index is 7040. The Morgan fingerprint density at radius 1 is 0.446 bits per heavy atom. The zero-order valence-corrected chi connectivity index (χ0v) is 71.6. The first-order valence-electron chi connectivity index (χ1n) is 39.1. The maximum Gasteiger partial charge on any atom is 0.266 e. The van der Waals surface area contributed by atoms with E-state index in [0.717, 1.165) is 210 Å². The third kappa shape index (κ3) is 20.0. The molecule has 16 aromatic rings. The molecule has 9 N–H and O–H groups in total. The van der Waals surface area contributed by atoms with E-state index in [1.54, 1.807) is 81.7 Å². The Hall–Kier alpha value is -12.9. The highest BCUT2D eigenvalue weighted by molar-refractivity contribution is 7.23. The van der Waals surface area contributed by atoms with Crippen LogP contribution in [-0.2, 0) is 6.54 Å². The first-order valence-corrected chi connectivity index (χ1v) is 43.2. The van der Waals surface area contributed by atoms with Crippen molar-refractivity contribution in [3.05, 3.63) is 206 Å². The molecular formula is C86H86N24O6S5. The molecule has 30 nitrogen and oxygen atoms in total.